The summed E-state index contributed by atoms with van der Waals surface area (Å²) in [6.45, 7) is 10.5. The van der Waals surface area contributed by atoms with E-state index in [1.54, 1.807) is 24.4 Å². The molecule has 0 unspecified atom stereocenters. The summed E-state index contributed by atoms with van der Waals surface area (Å²) < 4.78 is 31.4. The first-order chi connectivity index (χ1) is 16.3. The molecular formula is C27H36N3O4S+. The van der Waals surface area contributed by atoms with Gasteiger partial charge in [0, 0.05) is 6.07 Å². The maximum Gasteiger partial charge on any atom is 0.294 e. The van der Waals surface area contributed by atoms with E-state index in [1.807, 2.05) is 43.8 Å². The summed E-state index contributed by atoms with van der Waals surface area (Å²) in [6.07, 6.45) is 11.4. The van der Waals surface area contributed by atoms with Gasteiger partial charge in [-0.2, -0.15) is 13.5 Å². The van der Waals surface area contributed by atoms with Crippen molar-refractivity contribution in [3.05, 3.63) is 83.2 Å². The van der Waals surface area contributed by atoms with Crippen LogP contribution in [0.5, 0.6) is 0 Å². The van der Waals surface area contributed by atoms with E-state index in [9.17, 15) is 13.2 Å². The second-order valence-corrected chi connectivity index (χ2v) is 10.9. The molecule has 0 saturated carbocycles. The zero-order valence-electron chi connectivity index (χ0n) is 21.4. The van der Waals surface area contributed by atoms with Crippen molar-refractivity contribution in [3.8, 4) is 0 Å². The van der Waals surface area contributed by atoms with E-state index in [-0.39, 0.29) is 16.2 Å². The number of carbonyl (C=O) groups is 1. The number of rotatable bonds is 5. The predicted molar refractivity (Wildman–Crippen MR) is 139 cm³/mol. The van der Waals surface area contributed by atoms with Gasteiger partial charge < -0.3 is 0 Å². The van der Waals surface area contributed by atoms with E-state index in [4.69, 9.17) is 4.55 Å². The minimum atomic E-state index is -4.02. The standard InChI is InChI=1S/C20H27N3O.C7H8O3S/c1-15-8-6-12-20(3,4)18(15)11-10-16(2)21-22-19(24)17-9-7-13-23(5)14-17;1-6-2-4-7(5-3-6)11(8,9)10/h7,9-11,13-14H,6,8,12H2,1-5H3;2-5H,1H3,(H,8,9,10)/p+1/b11-10+,21-16+;. The van der Waals surface area contributed by atoms with Crippen LogP contribution in [0, 0.1) is 12.3 Å². The molecule has 0 radical (unpaired) electrons. The number of aromatic nitrogens is 1. The van der Waals surface area contributed by atoms with Gasteiger partial charge in [-0.25, -0.2) is 9.99 Å². The number of amides is 1. The minimum absolute atomic E-state index is 0.0666. The molecular weight excluding hydrogens is 462 g/mol. The summed E-state index contributed by atoms with van der Waals surface area (Å²) in [7, 11) is -2.13. The van der Waals surface area contributed by atoms with Gasteiger partial charge in [-0.05, 0) is 75.3 Å². The molecule has 1 aliphatic rings. The molecule has 2 aromatic rings. The molecule has 188 valence electrons. The number of pyridine rings is 1. The smallest absolute Gasteiger partial charge is 0.282 e. The van der Waals surface area contributed by atoms with Gasteiger partial charge in [-0.15, -0.1) is 0 Å². The number of hydrogen-bond acceptors (Lipinski definition) is 4. The van der Waals surface area contributed by atoms with Crippen LogP contribution in [-0.2, 0) is 17.2 Å². The molecule has 0 aliphatic heterocycles. The topological polar surface area (TPSA) is 99.7 Å². The van der Waals surface area contributed by atoms with Gasteiger partial charge in [0.1, 0.15) is 12.6 Å². The molecule has 3 rings (SSSR count). The lowest BCUT2D eigenvalue weighted by atomic mass is 9.72. The Bertz CT molecular complexity index is 1240. The number of allylic oxidation sites excluding steroid dienone is 4. The van der Waals surface area contributed by atoms with E-state index in [2.05, 4.69) is 37.4 Å². The lowest BCUT2D eigenvalue weighted by molar-refractivity contribution is -0.671. The summed E-state index contributed by atoms with van der Waals surface area (Å²) in [4.78, 5) is 12.0. The number of nitrogens with zero attached hydrogens (tertiary/aromatic N) is 2. The molecule has 0 saturated heterocycles. The predicted octanol–water partition coefficient (Wildman–Crippen LogP) is 4.94. The van der Waals surface area contributed by atoms with Gasteiger partial charge in [0.05, 0.1) is 10.6 Å². The van der Waals surface area contributed by atoms with Gasteiger partial charge in [-0.3, -0.25) is 9.35 Å². The van der Waals surface area contributed by atoms with Crippen LogP contribution >= 0.6 is 0 Å². The van der Waals surface area contributed by atoms with Crippen LogP contribution in [0.4, 0.5) is 0 Å². The average molecular weight is 499 g/mol. The molecule has 0 atom stereocenters. The van der Waals surface area contributed by atoms with E-state index in [0.717, 1.165) is 11.3 Å². The molecule has 35 heavy (non-hydrogen) atoms. The first kappa shape index (κ1) is 28.1. The van der Waals surface area contributed by atoms with Crippen LogP contribution in [0.2, 0.25) is 0 Å². The maximum atomic E-state index is 12.1. The maximum absolute atomic E-state index is 12.1. The molecule has 7 nitrogen and oxygen atoms in total. The molecule has 0 fully saturated rings. The normalized spacial score (nSPS) is 16.0. The molecule has 1 aromatic carbocycles. The third kappa shape index (κ3) is 8.88. The SMILES string of the molecule is CC1=C(/C=C/C(C)=N/NC(=O)c2ccc[n+](C)c2)C(C)(C)CCC1.Cc1ccc(S(=O)(=O)O)cc1. The summed E-state index contributed by atoms with van der Waals surface area (Å²) in [6, 6.07) is 9.60. The Morgan fingerprint density at radius 1 is 1.17 bits per heavy atom. The fourth-order valence-corrected chi connectivity index (χ4v) is 4.37. The number of carbonyl (C=O) groups excluding carboxylic acids is 1. The first-order valence-electron chi connectivity index (χ1n) is 11.5. The van der Waals surface area contributed by atoms with Gasteiger partial charge >= 0.3 is 0 Å². The van der Waals surface area contributed by atoms with Crippen molar-refractivity contribution < 1.29 is 22.3 Å². The third-order valence-corrected chi connectivity index (χ3v) is 6.76. The van der Waals surface area contributed by atoms with E-state index in [1.165, 1.54) is 42.5 Å². The highest BCUT2D eigenvalue weighted by Gasteiger charge is 2.26. The van der Waals surface area contributed by atoms with E-state index < -0.39 is 10.1 Å². The summed E-state index contributed by atoms with van der Waals surface area (Å²) in [5, 5.41) is 4.19. The molecule has 1 amide bonds. The molecule has 1 aromatic heterocycles. The minimum Gasteiger partial charge on any atom is -0.282 e. The Kier molecular flexibility index (Phi) is 9.68. The second-order valence-electron chi connectivity index (χ2n) is 9.51. The number of benzene rings is 1. The Hall–Kier alpha value is -3.10. The van der Waals surface area contributed by atoms with Crippen molar-refractivity contribution in [1.82, 2.24) is 5.43 Å². The lowest BCUT2D eigenvalue weighted by Gasteiger charge is -2.32. The average Bonchev–Trinajstić information content (AvgIpc) is 2.77. The summed E-state index contributed by atoms with van der Waals surface area (Å²) in [5.41, 5.74) is 8.00. The van der Waals surface area contributed by atoms with Crippen LogP contribution < -0.4 is 9.99 Å². The van der Waals surface area contributed by atoms with Crippen molar-refractivity contribution in [2.75, 3.05) is 0 Å². The Balaban J connectivity index is 0.000000328. The highest BCUT2D eigenvalue weighted by Crippen LogP contribution is 2.40. The van der Waals surface area contributed by atoms with Gasteiger partial charge in [-0.1, -0.05) is 43.2 Å². The van der Waals surface area contributed by atoms with Crippen LogP contribution in [0.15, 0.2) is 82.1 Å². The van der Waals surface area contributed by atoms with Gasteiger partial charge in [0.2, 0.25) is 0 Å². The van der Waals surface area contributed by atoms with Gasteiger partial charge in [0.25, 0.3) is 16.0 Å². The summed E-state index contributed by atoms with van der Waals surface area (Å²) >= 11 is 0. The van der Waals surface area contributed by atoms with E-state index >= 15 is 0 Å². The van der Waals surface area contributed by atoms with Crippen molar-refractivity contribution in [1.29, 1.82) is 0 Å². The number of hydrazone groups is 1. The third-order valence-electron chi connectivity index (χ3n) is 5.89. The highest BCUT2D eigenvalue weighted by atomic mass is 32.2. The van der Waals surface area contributed by atoms with Crippen molar-refractivity contribution in [3.63, 3.8) is 0 Å². The summed E-state index contributed by atoms with van der Waals surface area (Å²) in [5.74, 6) is -0.202. The van der Waals surface area contributed by atoms with Crippen LogP contribution in [0.25, 0.3) is 0 Å². The molecule has 2 N–H and O–H groups in total. The first-order valence-corrected chi connectivity index (χ1v) is 13.0. The monoisotopic (exact) mass is 498 g/mol. The highest BCUT2D eigenvalue weighted by molar-refractivity contribution is 7.85. The Labute approximate surface area is 209 Å². The van der Waals surface area contributed by atoms with Crippen LogP contribution in [0.3, 0.4) is 0 Å². The second kappa shape index (κ2) is 12.0. The van der Waals surface area contributed by atoms with E-state index in [0.29, 0.717) is 5.56 Å². The molecule has 1 heterocycles. The van der Waals surface area contributed by atoms with Crippen LogP contribution in [0.1, 0.15) is 62.9 Å². The fourth-order valence-electron chi connectivity index (χ4n) is 3.89. The van der Waals surface area contributed by atoms with Crippen LogP contribution in [-0.4, -0.2) is 24.6 Å². The number of hydrogen-bond donors (Lipinski definition) is 2. The zero-order chi connectivity index (χ0) is 26.2. The zero-order valence-corrected chi connectivity index (χ0v) is 22.2. The van der Waals surface area contributed by atoms with Crippen molar-refractivity contribution in [2.45, 2.75) is 58.8 Å². The Morgan fingerprint density at radius 3 is 2.40 bits per heavy atom. The quantitative estimate of drug-likeness (QED) is 0.264. The molecule has 0 spiro atoms. The molecule has 0 bridgehead atoms. The van der Waals surface area contributed by atoms with Crippen molar-refractivity contribution >= 4 is 21.7 Å². The number of aryl methyl sites for hydroxylation is 2. The molecule has 1 aliphatic carbocycles. The largest absolute Gasteiger partial charge is 0.294 e. The number of nitrogens with one attached hydrogen (secondary N) is 1. The van der Waals surface area contributed by atoms with Crippen molar-refractivity contribution in [2.24, 2.45) is 17.6 Å². The van der Waals surface area contributed by atoms with Gasteiger partial charge in [0.15, 0.2) is 12.4 Å². The Morgan fingerprint density at radius 2 is 1.83 bits per heavy atom. The fraction of sp³-hybridized carbons (Fsp3) is 0.370. The molecule has 8 heteroatoms. The lowest BCUT2D eigenvalue weighted by Crippen LogP contribution is -2.30.